The lowest BCUT2D eigenvalue weighted by Gasteiger charge is -2.56. The van der Waals surface area contributed by atoms with Crippen LogP contribution in [0, 0.1) is 30.1 Å². The van der Waals surface area contributed by atoms with Crippen molar-refractivity contribution in [2.75, 3.05) is 6.54 Å². The van der Waals surface area contributed by atoms with Crippen molar-refractivity contribution in [3.63, 3.8) is 0 Å². The molecule has 2 heterocycles. The molecule has 0 saturated heterocycles. The molecule has 1 amide bonds. The second-order valence-electron chi connectivity index (χ2n) is 9.46. The van der Waals surface area contributed by atoms with Crippen LogP contribution in [0.5, 0.6) is 0 Å². The molecule has 1 aromatic rings. The molecular formula is C21H30N4O2. The maximum atomic E-state index is 12.7. The summed E-state index contributed by atoms with van der Waals surface area (Å²) in [5.74, 6) is 2.71. The van der Waals surface area contributed by atoms with Gasteiger partial charge in [-0.15, -0.1) is 0 Å². The van der Waals surface area contributed by atoms with Gasteiger partial charge in [0.2, 0.25) is 6.10 Å². The first kappa shape index (κ1) is 17.3. The summed E-state index contributed by atoms with van der Waals surface area (Å²) in [6.45, 7) is 5.68. The number of amides is 1. The highest BCUT2D eigenvalue weighted by molar-refractivity contribution is 6.04. The van der Waals surface area contributed by atoms with Gasteiger partial charge in [-0.25, -0.2) is 0 Å². The average Bonchev–Trinajstić information content (AvgIpc) is 3.25. The normalized spacial score (nSPS) is 36.6. The summed E-state index contributed by atoms with van der Waals surface area (Å²) in [6, 6.07) is 0. The van der Waals surface area contributed by atoms with Crippen LogP contribution in [0.3, 0.4) is 0 Å². The second-order valence-corrected chi connectivity index (χ2v) is 9.46. The quantitative estimate of drug-likeness (QED) is 0.866. The number of nitrogens with zero attached hydrogens (tertiary/aromatic N) is 3. The number of hydrogen-bond acceptors (Lipinski definition) is 4. The molecule has 1 unspecified atom stereocenters. The van der Waals surface area contributed by atoms with Crippen LogP contribution >= 0.6 is 0 Å². The Morgan fingerprint density at radius 2 is 1.93 bits per heavy atom. The maximum Gasteiger partial charge on any atom is 0.264 e. The molecule has 6 nitrogen and oxygen atoms in total. The molecule has 4 bridgehead atoms. The number of nitrogens with one attached hydrogen (secondary N) is 1. The Balaban J connectivity index is 1.19. The second kappa shape index (κ2) is 6.35. The van der Waals surface area contributed by atoms with Gasteiger partial charge in [0.05, 0.1) is 11.4 Å². The first-order valence-electron chi connectivity index (χ1n) is 10.6. The zero-order chi connectivity index (χ0) is 18.6. The van der Waals surface area contributed by atoms with Gasteiger partial charge in [0.25, 0.3) is 5.91 Å². The van der Waals surface area contributed by atoms with E-state index in [9.17, 15) is 4.79 Å². The molecule has 5 aliphatic rings. The van der Waals surface area contributed by atoms with E-state index in [1.807, 2.05) is 17.8 Å². The van der Waals surface area contributed by atoms with Crippen LogP contribution in [-0.2, 0) is 16.2 Å². The van der Waals surface area contributed by atoms with Crippen LogP contribution in [0.4, 0.5) is 0 Å². The maximum absolute atomic E-state index is 12.7. The molecule has 0 aromatic carbocycles. The number of aromatic nitrogens is 2. The monoisotopic (exact) mass is 370 g/mol. The lowest BCUT2D eigenvalue weighted by Crippen LogP contribution is -2.52. The topological polar surface area (TPSA) is 68.5 Å². The van der Waals surface area contributed by atoms with E-state index in [-0.39, 0.29) is 5.91 Å². The summed E-state index contributed by atoms with van der Waals surface area (Å²) in [7, 11) is 0. The first-order chi connectivity index (χ1) is 13.0. The fraction of sp³-hybridized carbons (Fsp3) is 0.762. The van der Waals surface area contributed by atoms with Gasteiger partial charge in [0, 0.05) is 31.3 Å². The van der Waals surface area contributed by atoms with E-state index in [0.717, 1.165) is 47.8 Å². The predicted octanol–water partition coefficient (Wildman–Crippen LogP) is 3.04. The summed E-state index contributed by atoms with van der Waals surface area (Å²) in [6.07, 6.45) is 10.2. The molecule has 0 spiro atoms. The zero-order valence-corrected chi connectivity index (χ0v) is 16.4. The molecule has 27 heavy (non-hydrogen) atoms. The highest BCUT2D eigenvalue weighted by Crippen LogP contribution is 2.59. The lowest BCUT2D eigenvalue weighted by atomic mass is 9.49. The number of rotatable bonds is 5. The highest BCUT2D eigenvalue weighted by Gasteiger charge is 2.51. The number of hydrogen-bond donors (Lipinski definition) is 1. The molecule has 4 aliphatic carbocycles. The summed E-state index contributed by atoms with van der Waals surface area (Å²) < 4.78 is 1.90. The zero-order valence-electron chi connectivity index (χ0n) is 16.4. The van der Waals surface area contributed by atoms with Crippen molar-refractivity contribution in [2.45, 2.75) is 71.4 Å². The van der Waals surface area contributed by atoms with Gasteiger partial charge in [0.15, 0.2) is 0 Å². The standard InChI is InChI=1S/C21H30N4O2/c1-3-25-11-17(13(2)23-25)18-7-19(27-24-18)20(26)22-12-21-8-14-4-15(9-21)6-16(5-14)10-21/h11,14-16,19H,3-10,12H2,1-2H3,(H,22,26). The van der Waals surface area contributed by atoms with Gasteiger partial charge in [-0.1, -0.05) is 5.16 Å². The molecule has 6 rings (SSSR count). The van der Waals surface area contributed by atoms with Gasteiger partial charge < -0.3 is 10.2 Å². The van der Waals surface area contributed by atoms with Crippen molar-refractivity contribution in [3.8, 4) is 0 Å². The molecule has 1 aromatic heterocycles. The van der Waals surface area contributed by atoms with Crippen molar-refractivity contribution in [3.05, 3.63) is 17.5 Å². The third-order valence-corrected chi connectivity index (χ3v) is 7.35. The number of carbonyl (C=O) groups is 1. The number of oxime groups is 1. The smallest absolute Gasteiger partial charge is 0.264 e. The molecule has 4 saturated carbocycles. The van der Waals surface area contributed by atoms with Crippen LogP contribution in [0.2, 0.25) is 0 Å². The minimum Gasteiger partial charge on any atom is -0.382 e. The van der Waals surface area contributed by atoms with Gasteiger partial charge >= 0.3 is 0 Å². The summed E-state index contributed by atoms with van der Waals surface area (Å²) in [5.41, 5.74) is 3.12. The Labute approximate surface area is 160 Å². The van der Waals surface area contributed by atoms with Crippen LogP contribution in [0.1, 0.15) is 63.1 Å². The molecule has 0 radical (unpaired) electrons. The Bertz CT molecular complexity index is 746. The van der Waals surface area contributed by atoms with E-state index >= 15 is 0 Å². The van der Waals surface area contributed by atoms with E-state index < -0.39 is 6.10 Å². The number of carbonyl (C=O) groups excluding carboxylic acids is 1. The lowest BCUT2D eigenvalue weighted by molar-refractivity contribution is -0.133. The first-order valence-corrected chi connectivity index (χ1v) is 10.6. The van der Waals surface area contributed by atoms with E-state index in [1.54, 1.807) is 0 Å². The van der Waals surface area contributed by atoms with E-state index in [4.69, 9.17) is 4.84 Å². The summed E-state index contributed by atoms with van der Waals surface area (Å²) >= 11 is 0. The molecule has 146 valence electrons. The Morgan fingerprint density at radius 1 is 1.26 bits per heavy atom. The Kier molecular flexibility index (Phi) is 4.06. The average molecular weight is 370 g/mol. The fourth-order valence-corrected chi connectivity index (χ4v) is 6.54. The number of aryl methyl sites for hydroxylation is 2. The fourth-order valence-electron chi connectivity index (χ4n) is 6.54. The van der Waals surface area contributed by atoms with Crippen LogP contribution < -0.4 is 5.32 Å². The molecule has 1 aliphatic heterocycles. The minimum atomic E-state index is -0.502. The largest absolute Gasteiger partial charge is 0.382 e. The van der Waals surface area contributed by atoms with Gasteiger partial charge in [0.1, 0.15) is 0 Å². The highest BCUT2D eigenvalue weighted by atomic mass is 16.6. The Morgan fingerprint density at radius 3 is 2.52 bits per heavy atom. The Hall–Kier alpha value is -1.85. The predicted molar refractivity (Wildman–Crippen MR) is 102 cm³/mol. The molecule has 1 N–H and O–H groups in total. The van der Waals surface area contributed by atoms with Crippen molar-refractivity contribution in [2.24, 2.45) is 28.3 Å². The minimum absolute atomic E-state index is 0.00923. The van der Waals surface area contributed by atoms with Crippen molar-refractivity contribution >= 4 is 11.6 Å². The van der Waals surface area contributed by atoms with Crippen molar-refractivity contribution in [1.29, 1.82) is 0 Å². The molecule has 6 heteroatoms. The van der Waals surface area contributed by atoms with Crippen LogP contribution in [-0.4, -0.2) is 34.0 Å². The van der Waals surface area contributed by atoms with Crippen molar-refractivity contribution < 1.29 is 9.63 Å². The SMILES string of the molecule is CCn1cc(C2=NOC(C(=O)NCC34CC5CC(CC(C5)C3)C4)C2)c(C)n1. The molecule has 1 atom stereocenters. The van der Waals surface area contributed by atoms with Crippen LogP contribution in [0.25, 0.3) is 0 Å². The van der Waals surface area contributed by atoms with Gasteiger partial charge in [-0.2, -0.15) is 5.10 Å². The van der Waals surface area contributed by atoms with Gasteiger partial charge in [-0.3, -0.25) is 9.48 Å². The molecular weight excluding hydrogens is 340 g/mol. The summed E-state index contributed by atoms with van der Waals surface area (Å²) in [5, 5.41) is 11.9. The van der Waals surface area contributed by atoms with Crippen molar-refractivity contribution in [1.82, 2.24) is 15.1 Å². The van der Waals surface area contributed by atoms with E-state index in [1.165, 1.54) is 38.5 Å². The summed E-state index contributed by atoms with van der Waals surface area (Å²) in [4.78, 5) is 18.2. The van der Waals surface area contributed by atoms with E-state index in [2.05, 4.69) is 22.5 Å². The van der Waals surface area contributed by atoms with E-state index in [0.29, 0.717) is 11.8 Å². The van der Waals surface area contributed by atoms with Crippen LogP contribution in [0.15, 0.2) is 11.4 Å². The third-order valence-electron chi connectivity index (χ3n) is 7.35. The third kappa shape index (κ3) is 3.07. The van der Waals surface area contributed by atoms with Gasteiger partial charge in [-0.05, 0) is 75.5 Å². The molecule has 4 fully saturated rings.